The van der Waals surface area contributed by atoms with Gasteiger partial charge in [0.05, 0.1) is 13.2 Å². The minimum absolute atomic E-state index is 0.0556. The Bertz CT molecular complexity index is 544. The topological polar surface area (TPSA) is 79.8 Å². The molecule has 1 amide bonds. The average Bonchev–Trinajstić information content (AvgIpc) is 2.47. The van der Waals surface area contributed by atoms with E-state index in [0.29, 0.717) is 36.2 Å². The highest BCUT2D eigenvalue weighted by Crippen LogP contribution is 2.33. The van der Waals surface area contributed by atoms with Crippen molar-refractivity contribution < 1.29 is 19.4 Å². The standard InChI is InChI=1S/C17H27ClN2O4/c1-5-23-14-8-12(10-19-6-7-21)13(18)9-15(14)24-11-16(22)20-17(2,3)4/h8-9,19,21H,5-7,10-11H2,1-4H3,(H,20,22). The molecule has 0 saturated heterocycles. The smallest absolute Gasteiger partial charge is 0.258 e. The van der Waals surface area contributed by atoms with Crippen LogP contribution < -0.4 is 20.1 Å². The van der Waals surface area contributed by atoms with Crippen molar-refractivity contribution in [2.45, 2.75) is 39.8 Å². The molecule has 0 heterocycles. The highest BCUT2D eigenvalue weighted by molar-refractivity contribution is 6.31. The summed E-state index contributed by atoms with van der Waals surface area (Å²) >= 11 is 6.26. The van der Waals surface area contributed by atoms with Crippen LogP contribution in [-0.4, -0.2) is 42.9 Å². The van der Waals surface area contributed by atoms with Gasteiger partial charge < -0.3 is 25.2 Å². The normalized spacial score (nSPS) is 11.2. The van der Waals surface area contributed by atoms with Crippen molar-refractivity contribution in [2.75, 3.05) is 26.4 Å². The molecular weight excluding hydrogens is 332 g/mol. The van der Waals surface area contributed by atoms with Gasteiger partial charge in [0.2, 0.25) is 0 Å². The van der Waals surface area contributed by atoms with E-state index in [4.69, 9.17) is 26.2 Å². The number of carbonyl (C=O) groups excluding carboxylic acids is 1. The summed E-state index contributed by atoms with van der Waals surface area (Å²) < 4.78 is 11.2. The second-order valence-electron chi connectivity index (χ2n) is 6.31. The van der Waals surface area contributed by atoms with Gasteiger partial charge in [-0.05, 0) is 39.3 Å². The molecule has 0 aromatic heterocycles. The van der Waals surface area contributed by atoms with Gasteiger partial charge in [-0.1, -0.05) is 11.6 Å². The predicted molar refractivity (Wildman–Crippen MR) is 94.8 cm³/mol. The third kappa shape index (κ3) is 7.38. The number of aliphatic hydroxyl groups excluding tert-OH is 1. The minimum Gasteiger partial charge on any atom is -0.490 e. The summed E-state index contributed by atoms with van der Waals surface area (Å²) in [6.45, 7) is 8.97. The molecule has 0 spiro atoms. The van der Waals surface area contributed by atoms with Gasteiger partial charge in [0.25, 0.3) is 5.91 Å². The van der Waals surface area contributed by atoms with Crippen LogP contribution in [0.3, 0.4) is 0 Å². The first kappa shape index (κ1) is 20.5. The van der Waals surface area contributed by atoms with E-state index in [1.54, 1.807) is 12.1 Å². The molecule has 0 fully saturated rings. The number of rotatable bonds is 9. The highest BCUT2D eigenvalue weighted by Gasteiger charge is 2.16. The quantitative estimate of drug-likeness (QED) is 0.589. The van der Waals surface area contributed by atoms with Gasteiger partial charge in [0, 0.05) is 29.7 Å². The Morgan fingerprint density at radius 2 is 1.92 bits per heavy atom. The van der Waals surface area contributed by atoms with Gasteiger partial charge in [0.1, 0.15) is 0 Å². The first-order valence-corrected chi connectivity index (χ1v) is 8.35. The summed E-state index contributed by atoms with van der Waals surface area (Å²) in [7, 11) is 0. The van der Waals surface area contributed by atoms with Crippen molar-refractivity contribution >= 4 is 17.5 Å². The molecule has 136 valence electrons. The summed E-state index contributed by atoms with van der Waals surface area (Å²) in [6.07, 6.45) is 0. The van der Waals surface area contributed by atoms with Gasteiger partial charge in [-0.15, -0.1) is 0 Å². The Morgan fingerprint density at radius 1 is 1.25 bits per heavy atom. The van der Waals surface area contributed by atoms with Crippen LogP contribution in [0.4, 0.5) is 0 Å². The molecule has 0 saturated carbocycles. The lowest BCUT2D eigenvalue weighted by atomic mass is 10.1. The Kier molecular flexibility index (Phi) is 8.31. The van der Waals surface area contributed by atoms with E-state index in [-0.39, 0.29) is 24.7 Å². The molecule has 0 unspecified atom stereocenters. The van der Waals surface area contributed by atoms with Gasteiger partial charge in [-0.25, -0.2) is 0 Å². The minimum atomic E-state index is -0.316. The molecule has 0 aliphatic carbocycles. The number of ether oxygens (including phenoxy) is 2. The molecular formula is C17H27ClN2O4. The maximum Gasteiger partial charge on any atom is 0.258 e. The van der Waals surface area contributed by atoms with Crippen LogP contribution in [0.25, 0.3) is 0 Å². The summed E-state index contributed by atoms with van der Waals surface area (Å²) in [4.78, 5) is 11.9. The van der Waals surface area contributed by atoms with Crippen LogP contribution >= 0.6 is 11.6 Å². The van der Waals surface area contributed by atoms with Crippen molar-refractivity contribution in [3.8, 4) is 11.5 Å². The van der Waals surface area contributed by atoms with Gasteiger partial charge in [0.15, 0.2) is 18.1 Å². The van der Waals surface area contributed by atoms with E-state index >= 15 is 0 Å². The molecule has 3 N–H and O–H groups in total. The fourth-order valence-corrected chi connectivity index (χ4v) is 2.21. The van der Waals surface area contributed by atoms with Crippen LogP contribution in [0.15, 0.2) is 12.1 Å². The number of hydrogen-bond acceptors (Lipinski definition) is 5. The lowest BCUT2D eigenvalue weighted by Gasteiger charge is -2.21. The SMILES string of the molecule is CCOc1cc(CNCCO)c(Cl)cc1OCC(=O)NC(C)(C)C. The molecule has 0 radical (unpaired) electrons. The van der Waals surface area contributed by atoms with Gasteiger partial charge in [-0.3, -0.25) is 4.79 Å². The lowest BCUT2D eigenvalue weighted by Crippen LogP contribution is -2.43. The predicted octanol–water partition coefficient (Wildman–Crippen LogP) is 2.11. The average molecular weight is 359 g/mol. The van der Waals surface area contributed by atoms with E-state index in [1.165, 1.54) is 0 Å². The Hall–Kier alpha value is -1.50. The summed E-state index contributed by atoms with van der Waals surface area (Å²) in [5.41, 5.74) is 0.517. The molecule has 1 aromatic rings. The monoisotopic (exact) mass is 358 g/mol. The van der Waals surface area contributed by atoms with Crippen LogP contribution in [0.1, 0.15) is 33.3 Å². The van der Waals surface area contributed by atoms with Crippen molar-refractivity contribution in [1.82, 2.24) is 10.6 Å². The van der Waals surface area contributed by atoms with Gasteiger partial charge in [-0.2, -0.15) is 0 Å². The molecule has 0 bridgehead atoms. The van der Waals surface area contributed by atoms with Gasteiger partial charge >= 0.3 is 0 Å². The number of aliphatic hydroxyl groups is 1. The zero-order chi connectivity index (χ0) is 18.2. The molecule has 1 rings (SSSR count). The van der Waals surface area contributed by atoms with Crippen molar-refractivity contribution in [2.24, 2.45) is 0 Å². The Balaban J connectivity index is 2.81. The van der Waals surface area contributed by atoms with Crippen LogP contribution in [0.5, 0.6) is 11.5 Å². The zero-order valence-electron chi connectivity index (χ0n) is 14.7. The second-order valence-corrected chi connectivity index (χ2v) is 6.72. The van der Waals surface area contributed by atoms with E-state index < -0.39 is 0 Å². The summed E-state index contributed by atoms with van der Waals surface area (Å²) in [5.74, 6) is 0.748. The number of carbonyl (C=O) groups is 1. The maximum absolute atomic E-state index is 11.9. The molecule has 0 atom stereocenters. The third-order valence-electron chi connectivity index (χ3n) is 2.89. The summed E-state index contributed by atoms with van der Waals surface area (Å²) in [6, 6.07) is 3.43. The molecule has 7 heteroatoms. The molecule has 0 aliphatic heterocycles. The number of hydrogen-bond donors (Lipinski definition) is 3. The van der Waals surface area contributed by atoms with Crippen LogP contribution in [-0.2, 0) is 11.3 Å². The summed E-state index contributed by atoms with van der Waals surface area (Å²) in [5, 5.41) is 15.2. The maximum atomic E-state index is 11.9. The molecule has 6 nitrogen and oxygen atoms in total. The first-order chi connectivity index (χ1) is 11.3. The number of benzene rings is 1. The number of halogens is 1. The van der Waals surface area contributed by atoms with Crippen molar-refractivity contribution in [1.29, 1.82) is 0 Å². The van der Waals surface area contributed by atoms with E-state index in [0.717, 1.165) is 5.56 Å². The number of amides is 1. The Morgan fingerprint density at radius 3 is 2.50 bits per heavy atom. The Labute approximate surface area is 148 Å². The zero-order valence-corrected chi connectivity index (χ0v) is 15.5. The van der Waals surface area contributed by atoms with Crippen molar-refractivity contribution in [3.63, 3.8) is 0 Å². The second kappa shape index (κ2) is 9.71. The largest absolute Gasteiger partial charge is 0.490 e. The van der Waals surface area contributed by atoms with Crippen LogP contribution in [0.2, 0.25) is 5.02 Å². The first-order valence-electron chi connectivity index (χ1n) is 7.97. The lowest BCUT2D eigenvalue weighted by molar-refractivity contribution is -0.124. The van der Waals surface area contributed by atoms with Crippen molar-refractivity contribution in [3.05, 3.63) is 22.7 Å². The van der Waals surface area contributed by atoms with E-state index in [1.807, 2.05) is 27.7 Å². The number of nitrogens with one attached hydrogen (secondary N) is 2. The van der Waals surface area contributed by atoms with E-state index in [9.17, 15) is 4.79 Å². The van der Waals surface area contributed by atoms with Crippen LogP contribution in [0, 0.1) is 0 Å². The fraction of sp³-hybridized carbons (Fsp3) is 0.588. The molecule has 24 heavy (non-hydrogen) atoms. The highest BCUT2D eigenvalue weighted by atomic mass is 35.5. The third-order valence-corrected chi connectivity index (χ3v) is 3.24. The van der Waals surface area contributed by atoms with E-state index in [2.05, 4.69) is 10.6 Å². The fourth-order valence-electron chi connectivity index (χ4n) is 1.99. The molecule has 1 aromatic carbocycles. The molecule has 0 aliphatic rings.